The topological polar surface area (TPSA) is 82.2 Å². The predicted octanol–water partition coefficient (Wildman–Crippen LogP) is 1.35. The van der Waals surface area contributed by atoms with Gasteiger partial charge in [-0.15, -0.1) is 0 Å². The minimum Gasteiger partial charge on any atom is -0.481 e. The standard InChI is InChI=1S/C13H14N2O3S/c16-12(17)5-9-3-1-2-4-10(9)6-14-7-11-8-19-13(18)15-11/h1-4,8,14H,5-7H2,(H,15,18)(H,16,17). The first kappa shape index (κ1) is 13.5. The molecule has 0 spiro atoms. The second-order valence-corrected chi connectivity index (χ2v) is 4.96. The van der Waals surface area contributed by atoms with Crippen LogP contribution in [0.1, 0.15) is 16.8 Å². The molecule has 0 amide bonds. The van der Waals surface area contributed by atoms with Crippen LogP contribution in [0.2, 0.25) is 0 Å². The van der Waals surface area contributed by atoms with Gasteiger partial charge in [-0.3, -0.25) is 9.59 Å². The fourth-order valence-corrected chi connectivity index (χ4v) is 2.38. The highest BCUT2D eigenvalue weighted by atomic mass is 32.1. The molecular formula is C13H14N2O3S. The molecule has 19 heavy (non-hydrogen) atoms. The molecule has 1 aromatic carbocycles. The van der Waals surface area contributed by atoms with Crippen LogP contribution in [-0.4, -0.2) is 16.1 Å². The molecule has 0 unspecified atom stereocenters. The van der Waals surface area contributed by atoms with Gasteiger partial charge < -0.3 is 15.4 Å². The third-order valence-electron chi connectivity index (χ3n) is 2.66. The number of thiazole rings is 1. The van der Waals surface area contributed by atoms with Crippen molar-refractivity contribution in [2.45, 2.75) is 19.5 Å². The Morgan fingerprint density at radius 1 is 1.26 bits per heavy atom. The number of hydrogen-bond donors (Lipinski definition) is 3. The van der Waals surface area contributed by atoms with E-state index in [2.05, 4.69) is 10.3 Å². The van der Waals surface area contributed by atoms with Gasteiger partial charge in [-0.1, -0.05) is 35.6 Å². The Bertz CT molecular complexity index is 618. The summed E-state index contributed by atoms with van der Waals surface area (Å²) in [6.07, 6.45) is 0.0210. The summed E-state index contributed by atoms with van der Waals surface area (Å²) in [7, 11) is 0. The SMILES string of the molecule is O=C(O)Cc1ccccc1CNCc1csc(=O)[nH]1. The maximum Gasteiger partial charge on any atom is 0.307 e. The molecule has 1 aromatic heterocycles. The summed E-state index contributed by atoms with van der Waals surface area (Å²) in [6, 6.07) is 7.44. The van der Waals surface area contributed by atoms with Crippen LogP contribution in [-0.2, 0) is 24.3 Å². The second-order valence-electron chi connectivity index (χ2n) is 4.12. The van der Waals surface area contributed by atoms with Crippen LogP contribution in [0, 0.1) is 0 Å². The van der Waals surface area contributed by atoms with Gasteiger partial charge in [0.1, 0.15) is 0 Å². The van der Waals surface area contributed by atoms with Gasteiger partial charge in [0.05, 0.1) is 6.42 Å². The molecule has 0 fully saturated rings. The van der Waals surface area contributed by atoms with E-state index >= 15 is 0 Å². The van der Waals surface area contributed by atoms with Gasteiger partial charge in [0.15, 0.2) is 0 Å². The molecule has 0 aliphatic carbocycles. The number of benzene rings is 1. The number of carboxylic acid groups (broad SMARTS) is 1. The summed E-state index contributed by atoms with van der Waals surface area (Å²) in [4.78, 5) is 24.4. The van der Waals surface area contributed by atoms with E-state index in [1.807, 2.05) is 24.3 Å². The van der Waals surface area contributed by atoms with Crippen molar-refractivity contribution in [3.63, 3.8) is 0 Å². The largest absolute Gasteiger partial charge is 0.481 e. The van der Waals surface area contributed by atoms with Crippen molar-refractivity contribution >= 4 is 17.3 Å². The molecule has 0 radical (unpaired) electrons. The van der Waals surface area contributed by atoms with Crippen LogP contribution in [0.15, 0.2) is 34.4 Å². The number of hydrogen-bond acceptors (Lipinski definition) is 4. The Hall–Kier alpha value is -1.92. The Morgan fingerprint density at radius 2 is 2.00 bits per heavy atom. The van der Waals surface area contributed by atoms with Crippen molar-refractivity contribution in [1.82, 2.24) is 10.3 Å². The van der Waals surface area contributed by atoms with Crippen LogP contribution >= 0.6 is 11.3 Å². The Labute approximate surface area is 113 Å². The van der Waals surface area contributed by atoms with Crippen molar-refractivity contribution in [3.05, 3.63) is 56.1 Å². The summed E-state index contributed by atoms with van der Waals surface area (Å²) >= 11 is 1.13. The van der Waals surface area contributed by atoms with Crippen LogP contribution in [0.4, 0.5) is 0 Å². The van der Waals surface area contributed by atoms with E-state index in [4.69, 9.17) is 5.11 Å². The number of carbonyl (C=O) groups is 1. The molecule has 0 saturated carbocycles. The lowest BCUT2D eigenvalue weighted by Crippen LogP contribution is -2.15. The highest BCUT2D eigenvalue weighted by molar-refractivity contribution is 7.07. The molecular weight excluding hydrogens is 264 g/mol. The minimum atomic E-state index is -0.838. The van der Waals surface area contributed by atoms with Gasteiger partial charge in [0.2, 0.25) is 0 Å². The first-order chi connectivity index (χ1) is 9.15. The van der Waals surface area contributed by atoms with Crippen LogP contribution < -0.4 is 10.2 Å². The van der Waals surface area contributed by atoms with E-state index in [1.54, 1.807) is 5.38 Å². The van der Waals surface area contributed by atoms with E-state index in [0.29, 0.717) is 13.1 Å². The first-order valence-corrected chi connectivity index (χ1v) is 6.69. The van der Waals surface area contributed by atoms with Crippen molar-refractivity contribution in [3.8, 4) is 0 Å². The van der Waals surface area contributed by atoms with E-state index < -0.39 is 5.97 Å². The van der Waals surface area contributed by atoms with Crippen molar-refractivity contribution < 1.29 is 9.90 Å². The van der Waals surface area contributed by atoms with Crippen molar-refractivity contribution in [2.75, 3.05) is 0 Å². The van der Waals surface area contributed by atoms with Crippen molar-refractivity contribution in [1.29, 1.82) is 0 Å². The number of aromatic amines is 1. The predicted molar refractivity (Wildman–Crippen MR) is 73.3 cm³/mol. The number of aromatic nitrogens is 1. The number of carboxylic acids is 1. The summed E-state index contributed by atoms with van der Waals surface area (Å²) in [5, 5.41) is 13.8. The molecule has 2 rings (SSSR count). The monoisotopic (exact) mass is 278 g/mol. The van der Waals surface area contributed by atoms with Gasteiger partial charge in [-0.25, -0.2) is 0 Å². The first-order valence-electron chi connectivity index (χ1n) is 5.81. The van der Waals surface area contributed by atoms with E-state index in [-0.39, 0.29) is 11.3 Å². The zero-order valence-corrected chi connectivity index (χ0v) is 11.0. The molecule has 1 heterocycles. The minimum absolute atomic E-state index is 0.0210. The number of H-pyrrole nitrogens is 1. The fourth-order valence-electron chi connectivity index (χ4n) is 1.80. The molecule has 6 heteroatoms. The molecule has 0 aliphatic heterocycles. The molecule has 100 valence electrons. The lowest BCUT2D eigenvalue weighted by atomic mass is 10.0. The van der Waals surface area contributed by atoms with Gasteiger partial charge in [0, 0.05) is 24.2 Å². The molecule has 0 aliphatic rings. The van der Waals surface area contributed by atoms with Crippen LogP contribution in [0.5, 0.6) is 0 Å². The van der Waals surface area contributed by atoms with Crippen LogP contribution in [0.25, 0.3) is 0 Å². The van der Waals surface area contributed by atoms with E-state index in [9.17, 15) is 9.59 Å². The lowest BCUT2D eigenvalue weighted by Gasteiger charge is -2.08. The lowest BCUT2D eigenvalue weighted by molar-refractivity contribution is -0.136. The maximum absolute atomic E-state index is 11.0. The zero-order chi connectivity index (χ0) is 13.7. The summed E-state index contributed by atoms with van der Waals surface area (Å²) < 4.78 is 0. The molecule has 0 bridgehead atoms. The normalized spacial score (nSPS) is 10.5. The maximum atomic E-state index is 11.0. The molecule has 0 atom stereocenters. The summed E-state index contributed by atoms with van der Waals surface area (Å²) in [5.41, 5.74) is 2.61. The van der Waals surface area contributed by atoms with E-state index in [1.165, 1.54) is 0 Å². The van der Waals surface area contributed by atoms with E-state index in [0.717, 1.165) is 28.2 Å². The van der Waals surface area contributed by atoms with Gasteiger partial charge >= 0.3 is 10.8 Å². The molecule has 5 nitrogen and oxygen atoms in total. The highest BCUT2D eigenvalue weighted by Gasteiger charge is 2.06. The average Bonchev–Trinajstić information content (AvgIpc) is 2.77. The summed E-state index contributed by atoms with van der Waals surface area (Å²) in [6.45, 7) is 1.13. The number of nitrogens with one attached hydrogen (secondary N) is 2. The zero-order valence-electron chi connectivity index (χ0n) is 10.2. The number of rotatable bonds is 6. The third kappa shape index (κ3) is 4.04. The van der Waals surface area contributed by atoms with Crippen LogP contribution in [0.3, 0.4) is 0 Å². The summed E-state index contributed by atoms with van der Waals surface area (Å²) in [5.74, 6) is -0.838. The second kappa shape index (κ2) is 6.31. The van der Waals surface area contributed by atoms with Gasteiger partial charge in [-0.2, -0.15) is 0 Å². The Morgan fingerprint density at radius 3 is 2.63 bits per heavy atom. The molecule has 0 saturated heterocycles. The Balaban J connectivity index is 1.95. The van der Waals surface area contributed by atoms with Gasteiger partial charge in [-0.05, 0) is 11.1 Å². The highest BCUT2D eigenvalue weighted by Crippen LogP contribution is 2.09. The smallest absolute Gasteiger partial charge is 0.307 e. The molecule has 3 N–H and O–H groups in total. The Kier molecular flexibility index (Phi) is 4.48. The van der Waals surface area contributed by atoms with Crippen molar-refractivity contribution in [2.24, 2.45) is 0 Å². The fraction of sp³-hybridized carbons (Fsp3) is 0.231. The quantitative estimate of drug-likeness (QED) is 0.745. The molecule has 2 aromatic rings. The third-order valence-corrected chi connectivity index (χ3v) is 3.38. The average molecular weight is 278 g/mol. The van der Waals surface area contributed by atoms with Gasteiger partial charge in [0.25, 0.3) is 0 Å². The number of aliphatic carboxylic acids is 1.